The van der Waals surface area contributed by atoms with Crippen LogP contribution in [-0.4, -0.2) is 38.3 Å². The largest absolute Gasteiger partial charge is 0.339 e. The van der Waals surface area contributed by atoms with Gasteiger partial charge in [0, 0.05) is 25.6 Å². The number of rotatable bonds is 4. The Morgan fingerprint density at radius 3 is 3.04 bits per heavy atom. The maximum Gasteiger partial charge on any atom is 0.234 e. The Balaban J connectivity index is 1.58. The van der Waals surface area contributed by atoms with Gasteiger partial charge < -0.3 is 4.52 Å². The molecule has 0 aromatic carbocycles. The number of hydrogen-bond acceptors (Lipinski definition) is 5. The average molecular weight is 315 g/mol. The maximum absolute atomic E-state index is 5.71. The first-order chi connectivity index (χ1) is 11.1. The van der Waals surface area contributed by atoms with Gasteiger partial charge in [0.05, 0.1) is 17.3 Å². The summed E-state index contributed by atoms with van der Waals surface area (Å²) in [5, 5.41) is 11.5. The number of H-pyrrole nitrogens is 1. The van der Waals surface area contributed by atoms with E-state index in [9.17, 15) is 0 Å². The fourth-order valence-electron chi connectivity index (χ4n) is 4.29. The van der Waals surface area contributed by atoms with Crippen LogP contribution < -0.4 is 0 Å². The van der Waals surface area contributed by atoms with Crippen LogP contribution in [0.3, 0.4) is 0 Å². The Hall–Kier alpha value is -1.69. The van der Waals surface area contributed by atoms with Crippen molar-refractivity contribution in [1.82, 2.24) is 25.2 Å². The predicted octanol–water partition coefficient (Wildman–Crippen LogP) is 2.78. The minimum absolute atomic E-state index is 0.0636. The van der Waals surface area contributed by atoms with Crippen molar-refractivity contribution in [3.05, 3.63) is 29.2 Å². The number of likely N-dealkylation sites (tertiary alicyclic amines) is 1. The fraction of sp³-hybridized carbons (Fsp3) is 0.706. The number of aryl methyl sites for hydroxylation is 1. The van der Waals surface area contributed by atoms with Gasteiger partial charge >= 0.3 is 0 Å². The third-order valence-electron chi connectivity index (χ3n) is 5.64. The molecule has 0 radical (unpaired) electrons. The van der Waals surface area contributed by atoms with Gasteiger partial charge in [0.1, 0.15) is 0 Å². The van der Waals surface area contributed by atoms with Gasteiger partial charge in [-0.25, -0.2) is 0 Å². The van der Waals surface area contributed by atoms with Crippen molar-refractivity contribution in [3.8, 4) is 0 Å². The van der Waals surface area contributed by atoms with Crippen LogP contribution in [0, 0.1) is 12.8 Å². The molecule has 6 heteroatoms. The Labute approximate surface area is 136 Å². The molecule has 1 saturated carbocycles. The zero-order chi connectivity index (χ0) is 16.0. The molecular formula is C17H25N5O. The van der Waals surface area contributed by atoms with Crippen LogP contribution >= 0.6 is 0 Å². The zero-order valence-electron chi connectivity index (χ0n) is 14.2. The summed E-state index contributed by atoms with van der Waals surface area (Å²) < 4.78 is 5.71. The van der Waals surface area contributed by atoms with Crippen molar-refractivity contribution in [1.29, 1.82) is 0 Å². The Kier molecular flexibility index (Phi) is 3.52. The molecule has 1 aliphatic heterocycles. The number of nitrogens with one attached hydrogen (secondary N) is 1. The van der Waals surface area contributed by atoms with Crippen LogP contribution in [0.4, 0.5) is 0 Å². The summed E-state index contributed by atoms with van der Waals surface area (Å²) in [7, 11) is 0. The van der Waals surface area contributed by atoms with Gasteiger partial charge in [-0.05, 0) is 31.2 Å². The van der Waals surface area contributed by atoms with E-state index in [4.69, 9.17) is 9.51 Å². The molecule has 2 aliphatic rings. The lowest BCUT2D eigenvalue weighted by molar-refractivity contribution is 0.243. The monoisotopic (exact) mass is 315 g/mol. The lowest BCUT2D eigenvalue weighted by Crippen LogP contribution is -2.32. The molecule has 4 rings (SSSR count). The predicted molar refractivity (Wildman–Crippen MR) is 86.0 cm³/mol. The third kappa shape index (κ3) is 2.40. The van der Waals surface area contributed by atoms with Crippen molar-refractivity contribution < 1.29 is 4.52 Å². The molecule has 2 fully saturated rings. The highest BCUT2D eigenvalue weighted by Gasteiger charge is 2.54. The summed E-state index contributed by atoms with van der Waals surface area (Å²) in [6, 6.07) is 0. The molecule has 6 nitrogen and oxygen atoms in total. The van der Waals surface area contributed by atoms with E-state index in [2.05, 4.69) is 41.0 Å². The molecule has 0 amide bonds. The molecular weight excluding hydrogens is 290 g/mol. The fourth-order valence-corrected chi connectivity index (χ4v) is 4.29. The van der Waals surface area contributed by atoms with E-state index in [-0.39, 0.29) is 5.41 Å². The molecule has 124 valence electrons. The number of hydrogen-bond donors (Lipinski definition) is 1. The van der Waals surface area contributed by atoms with Gasteiger partial charge in [-0.1, -0.05) is 25.4 Å². The lowest BCUT2D eigenvalue weighted by atomic mass is 9.80. The molecule has 0 spiro atoms. The minimum Gasteiger partial charge on any atom is -0.339 e. The highest BCUT2D eigenvalue weighted by atomic mass is 16.5. The molecule has 23 heavy (non-hydrogen) atoms. The summed E-state index contributed by atoms with van der Waals surface area (Å²) in [5.41, 5.74) is 2.51. The Morgan fingerprint density at radius 2 is 2.35 bits per heavy atom. The van der Waals surface area contributed by atoms with Crippen molar-refractivity contribution in [2.24, 2.45) is 5.92 Å². The molecule has 0 bridgehead atoms. The SMILES string of the molecule is Cc1cn[nH]c1CN1C[C@H]2CCC[C@@]2(c2nc(C(C)C)no2)C1. The minimum atomic E-state index is 0.0636. The Bertz CT molecular complexity index is 691. The van der Waals surface area contributed by atoms with Crippen LogP contribution in [0.1, 0.15) is 62.0 Å². The van der Waals surface area contributed by atoms with Gasteiger partial charge in [0.15, 0.2) is 5.82 Å². The standard InChI is InChI=1S/C17H25N5O/c1-11(2)15-19-16(23-21-15)17-6-4-5-13(17)8-22(10-17)9-14-12(3)7-18-20-14/h7,11,13H,4-6,8-10H2,1-3H3,(H,18,20)/t13-,17-/m1/s1. The second-order valence-electron chi connectivity index (χ2n) is 7.56. The van der Waals surface area contributed by atoms with E-state index >= 15 is 0 Å². The van der Waals surface area contributed by atoms with E-state index in [1.807, 2.05) is 6.20 Å². The van der Waals surface area contributed by atoms with Crippen molar-refractivity contribution in [2.45, 2.75) is 57.9 Å². The van der Waals surface area contributed by atoms with E-state index in [1.165, 1.54) is 24.1 Å². The third-order valence-corrected chi connectivity index (χ3v) is 5.64. The summed E-state index contributed by atoms with van der Waals surface area (Å²) >= 11 is 0. The zero-order valence-corrected chi connectivity index (χ0v) is 14.2. The van der Waals surface area contributed by atoms with Crippen molar-refractivity contribution in [3.63, 3.8) is 0 Å². The van der Waals surface area contributed by atoms with E-state index in [0.717, 1.165) is 37.8 Å². The van der Waals surface area contributed by atoms with Gasteiger partial charge in [-0.15, -0.1) is 0 Å². The number of aromatic amines is 1. The van der Waals surface area contributed by atoms with Gasteiger partial charge in [-0.2, -0.15) is 10.1 Å². The van der Waals surface area contributed by atoms with Crippen molar-refractivity contribution in [2.75, 3.05) is 13.1 Å². The van der Waals surface area contributed by atoms with Gasteiger partial charge in [0.2, 0.25) is 5.89 Å². The average Bonchev–Trinajstić information content (AvgIpc) is 3.23. The van der Waals surface area contributed by atoms with Crippen LogP contribution in [0.2, 0.25) is 0 Å². The quantitative estimate of drug-likeness (QED) is 0.939. The Morgan fingerprint density at radius 1 is 1.48 bits per heavy atom. The van der Waals surface area contributed by atoms with Crippen LogP contribution in [-0.2, 0) is 12.0 Å². The van der Waals surface area contributed by atoms with Crippen LogP contribution in [0.5, 0.6) is 0 Å². The second kappa shape index (κ2) is 5.44. The first-order valence-corrected chi connectivity index (χ1v) is 8.64. The molecule has 2 aromatic rings. The van der Waals surface area contributed by atoms with E-state index in [0.29, 0.717) is 11.8 Å². The van der Waals surface area contributed by atoms with E-state index < -0.39 is 0 Å². The summed E-state index contributed by atoms with van der Waals surface area (Å²) in [4.78, 5) is 7.27. The van der Waals surface area contributed by atoms with Crippen LogP contribution in [0.15, 0.2) is 10.7 Å². The van der Waals surface area contributed by atoms with Crippen LogP contribution in [0.25, 0.3) is 0 Å². The first kappa shape index (κ1) is 14.9. The molecule has 2 aromatic heterocycles. The number of nitrogens with zero attached hydrogens (tertiary/aromatic N) is 4. The molecule has 1 saturated heterocycles. The molecule has 1 aliphatic carbocycles. The van der Waals surface area contributed by atoms with Gasteiger partial charge in [0.25, 0.3) is 0 Å². The highest BCUT2D eigenvalue weighted by Crippen LogP contribution is 2.50. The maximum atomic E-state index is 5.71. The summed E-state index contributed by atoms with van der Waals surface area (Å²) in [6.45, 7) is 9.38. The second-order valence-corrected chi connectivity index (χ2v) is 7.56. The summed E-state index contributed by atoms with van der Waals surface area (Å²) in [6.07, 6.45) is 5.59. The lowest BCUT2D eigenvalue weighted by Gasteiger charge is -2.24. The molecule has 3 heterocycles. The molecule has 2 atom stereocenters. The van der Waals surface area contributed by atoms with Crippen molar-refractivity contribution >= 4 is 0 Å². The smallest absolute Gasteiger partial charge is 0.234 e. The van der Waals surface area contributed by atoms with E-state index in [1.54, 1.807) is 0 Å². The summed E-state index contributed by atoms with van der Waals surface area (Å²) in [5.74, 6) is 2.65. The number of aromatic nitrogens is 4. The highest BCUT2D eigenvalue weighted by molar-refractivity contribution is 5.19. The van der Waals surface area contributed by atoms with Gasteiger partial charge in [-0.3, -0.25) is 10.00 Å². The molecule has 1 N–H and O–H groups in total. The molecule has 0 unspecified atom stereocenters. The topological polar surface area (TPSA) is 70.8 Å². The normalized spacial score (nSPS) is 27.9. The number of fused-ring (bicyclic) bond motifs is 1. The first-order valence-electron chi connectivity index (χ1n) is 8.64.